The molecular weight excluding hydrogens is 482 g/mol. The largest absolute Gasteiger partial charge is 0.474 e. The lowest BCUT2D eigenvalue weighted by Crippen LogP contribution is -2.53. The van der Waals surface area contributed by atoms with E-state index in [-0.39, 0.29) is 31.3 Å². The summed E-state index contributed by atoms with van der Waals surface area (Å²) in [7, 11) is 1.29. The zero-order valence-electron chi connectivity index (χ0n) is 20.3. The van der Waals surface area contributed by atoms with Gasteiger partial charge >= 0.3 is 23.9 Å². The highest BCUT2D eigenvalue weighted by Gasteiger charge is 2.29. The molecular formula is C26H29N3O8. The number of esters is 1. The van der Waals surface area contributed by atoms with Gasteiger partial charge in [0.25, 0.3) is 5.91 Å². The van der Waals surface area contributed by atoms with Crippen LogP contribution in [0.3, 0.4) is 0 Å². The molecule has 1 unspecified atom stereocenters. The van der Waals surface area contributed by atoms with Crippen LogP contribution in [0.25, 0.3) is 11.1 Å². The first kappa shape index (κ1) is 27.2. The van der Waals surface area contributed by atoms with E-state index in [0.717, 1.165) is 22.3 Å². The van der Waals surface area contributed by atoms with Crippen LogP contribution in [0.15, 0.2) is 48.5 Å². The fraction of sp³-hybridized carbons (Fsp3) is 0.346. The number of carbonyl (C=O) groups excluding carboxylic acids is 4. The lowest BCUT2D eigenvalue weighted by Gasteiger charge is -2.18. The number of methoxy groups -OCH3 is 1. The average Bonchev–Trinajstić information content (AvgIpc) is 3.22. The van der Waals surface area contributed by atoms with Crippen molar-refractivity contribution < 1.29 is 38.6 Å². The number of fused-ring (bicyclic) bond motifs is 3. The van der Waals surface area contributed by atoms with Crippen molar-refractivity contribution in [1.29, 1.82) is 0 Å². The zero-order valence-corrected chi connectivity index (χ0v) is 20.3. The first-order valence-corrected chi connectivity index (χ1v) is 11.8. The average molecular weight is 512 g/mol. The molecule has 0 spiro atoms. The Balaban J connectivity index is 1.51. The number of aliphatic carboxylic acids is 1. The summed E-state index contributed by atoms with van der Waals surface area (Å²) >= 11 is 0. The number of rotatable bonds is 10. The molecule has 3 rings (SSSR count). The summed E-state index contributed by atoms with van der Waals surface area (Å²) in [6, 6.07) is 14.5. The van der Waals surface area contributed by atoms with Gasteiger partial charge in [0.15, 0.2) is 0 Å². The summed E-state index contributed by atoms with van der Waals surface area (Å²) < 4.78 is 9.90. The predicted molar refractivity (Wildman–Crippen MR) is 131 cm³/mol. The summed E-state index contributed by atoms with van der Waals surface area (Å²) in [4.78, 5) is 58.5. The highest BCUT2D eigenvalue weighted by atomic mass is 16.6. The van der Waals surface area contributed by atoms with Gasteiger partial charge in [-0.15, -0.1) is 0 Å². The number of carbonyl (C=O) groups is 5. The molecule has 0 aliphatic heterocycles. The molecule has 4 N–H and O–H groups in total. The van der Waals surface area contributed by atoms with Gasteiger partial charge in [0.2, 0.25) is 0 Å². The van der Waals surface area contributed by atoms with E-state index in [1.165, 1.54) is 7.11 Å². The minimum absolute atomic E-state index is 0.0368. The summed E-state index contributed by atoms with van der Waals surface area (Å²) in [6.45, 7) is 0.0368. The third kappa shape index (κ3) is 7.29. The first-order valence-electron chi connectivity index (χ1n) is 11.8. The van der Waals surface area contributed by atoms with Gasteiger partial charge in [0.05, 0.1) is 7.11 Å². The maximum atomic E-state index is 12.5. The first-order chi connectivity index (χ1) is 17.8. The smallest absolute Gasteiger partial charge is 0.426 e. The Morgan fingerprint density at radius 2 is 1.51 bits per heavy atom. The zero-order chi connectivity index (χ0) is 26.8. The number of nitrogens with one attached hydrogen (secondary N) is 3. The molecule has 2 aromatic rings. The number of benzene rings is 2. The van der Waals surface area contributed by atoms with Gasteiger partial charge in [-0.3, -0.25) is 19.8 Å². The molecule has 0 aromatic heterocycles. The van der Waals surface area contributed by atoms with E-state index >= 15 is 0 Å². The van der Waals surface area contributed by atoms with Crippen molar-refractivity contribution in [2.75, 3.05) is 13.7 Å². The molecule has 0 saturated carbocycles. The molecule has 0 heterocycles. The molecule has 1 aliphatic rings. The number of carboxylic acid groups (broad SMARTS) is 1. The number of hydrazine groups is 1. The van der Waals surface area contributed by atoms with Crippen LogP contribution >= 0.6 is 0 Å². The number of carboxylic acids is 1. The Hall–Kier alpha value is -4.41. The van der Waals surface area contributed by atoms with Crippen LogP contribution in [0.4, 0.5) is 4.79 Å². The van der Waals surface area contributed by atoms with E-state index < -0.39 is 29.9 Å². The number of hydrogen-bond donors (Lipinski definition) is 4. The lowest BCUT2D eigenvalue weighted by atomic mass is 9.98. The molecule has 0 radical (unpaired) electrons. The van der Waals surface area contributed by atoms with Gasteiger partial charge < -0.3 is 19.9 Å². The number of ether oxygens (including phenoxy) is 2. The Morgan fingerprint density at radius 3 is 2.11 bits per heavy atom. The number of hydrogen-bond acceptors (Lipinski definition) is 7. The summed E-state index contributed by atoms with van der Waals surface area (Å²) in [5.41, 5.74) is 8.51. The van der Waals surface area contributed by atoms with Crippen LogP contribution in [-0.2, 0) is 28.7 Å². The SMILES string of the molecule is COC(=O)CCCCCC(NC(=O)C(=O)O)C(=O)NNC(=O)OCC1c2ccccc2-c2ccccc21. The Morgan fingerprint density at radius 1 is 0.892 bits per heavy atom. The molecule has 0 saturated heterocycles. The Labute approximate surface area is 213 Å². The van der Waals surface area contributed by atoms with Gasteiger partial charge in [-0.05, 0) is 35.1 Å². The topological polar surface area (TPSA) is 160 Å². The van der Waals surface area contributed by atoms with Crippen LogP contribution in [0.5, 0.6) is 0 Å². The standard InChI is InChI=1S/C26H29N3O8/c1-36-22(30)14-4-2-3-13-21(27-24(32)25(33)34)23(31)28-29-26(35)37-15-20-18-11-7-5-9-16(18)17-10-6-8-12-19(17)20/h5-12,20-21H,2-4,13-15H2,1H3,(H,27,32)(H,28,31)(H,29,35)(H,33,34). The normalized spacial score (nSPS) is 12.5. The quantitative estimate of drug-likeness (QED) is 0.164. The van der Waals surface area contributed by atoms with Crippen molar-refractivity contribution in [3.8, 4) is 11.1 Å². The minimum atomic E-state index is -1.74. The third-order valence-corrected chi connectivity index (χ3v) is 6.05. The summed E-state index contributed by atoms with van der Waals surface area (Å²) in [6.07, 6.45) is 0.862. The monoisotopic (exact) mass is 511 g/mol. The van der Waals surface area contributed by atoms with Crippen LogP contribution in [0.2, 0.25) is 0 Å². The van der Waals surface area contributed by atoms with Crippen LogP contribution in [0.1, 0.15) is 49.1 Å². The van der Waals surface area contributed by atoms with Crippen molar-refractivity contribution >= 4 is 29.8 Å². The van der Waals surface area contributed by atoms with Gasteiger partial charge in [-0.25, -0.2) is 15.0 Å². The highest BCUT2D eigenvalue weighted by molar-refractivity contribution is 6.32. The molecule has 0 fully saturated rings. The van der Waals surface area contributed by atoms with Gasteiger partial charge in [0.1, 0.15) is 12.6 Å². The fourth-order valence-electron chi connectivity index (χ4n) is 4.22. The van der Waals surface area contributed by atoms with Gasteiger partial charge in [-0.1, -0.05) is 61.4 Å². The molecule has 1 atom stereocenters. The highest BCUT2D eigenvalue weighted by Crippen LogP contribution is 2.44. The Bertz CT molecular complexity index is 1120. The van der Waals surface area contributed by atoms with Crippen LogP contribution < -0.4 is 16.2 Å². The van der Waals surface area contributed by atoms with Crippen molar-refractivity contribution in [3.05, 3.63) is 59.7 Å². The van der Waals surface area contributed by atoms with Gasteiger partial charge in [0, 0.05) is 12.3 Å². The molecule has 11 heteroatoms. The molecule has 11 nitrogen and oxygen atoms in total. The van der Waals surface area contributed by atoms with E-state index in [0.29, 0.717) is 19.3 Å². The van der Waals surface area contributed by atoms with E-state index in [2.05, 4.69) is 20.9 Å². The number of unbranched alkanes of at least 4 members (excludes halogenated alkanes) is 2. The van der Waals surface area contributed by atoms with Crippen LogP contribution in [-0.4, -0.2) is 54.7 Å². The fourth-order valence-corrected chi connectivity index (χ4v) is 4.22. The lowest BCUT2D eigenvalue weighted by molar-refractivity contribution is -0.151. The van der Waals surface area contributed by atoms with Crippen LogP contribution in [0, 0.1) is 0 Å². The van der Waals surface area contributed by atoms with E-state index in [1.807, 2.05) is 48.5 Å². The van der Waals surface area contributed by atoms with E-state index in [9.17, 15) is 24.0 Å². The molecule has 1 aliphatic carbocycles. The van der Waals surface area contributed by atoms with Crippen molar-refractivity contribution in [1.82, 2.24) is 16.2 Å². The molecule has 3 amide bonds. The number of amides is 3. The molecule has 196 valence electrons. The van der Waals surface area contributed by atoms with Crippen molar-refractivity contribution in [3.63, 3.8) is 0 Å². The summed E-state index contributed by atoms with van der Waals surface area (Å²) in [5.74, 6) is -4.43. The predicted octanol–water partition coefficient (Wildman–Crippen LogP) is 2.25. The second-order valence-electron chi connectivity index (χ2n) is 8.45. The van der Waals surface area contributed by atoms with Crippen molar-refractivity contribution in [2.24, 2.45) is 0 Å². The molecule has 37 heavy (non-hydrogen) atoms. The summed E-state index contributed by atoms with van der Waals surface area (Å²) in [5, 5.41) is 11.0. The molecule has 2 aromatic carbocycles. The van der Waals surface area contributed by atoms with E-state index in [1.54, 1.807) is 0 Å². The second kappa shape index (κ2) is 13.1. The maximum Gasteiger partial charge on any atom is 0.426 e. The van der Waals surface area contributed by atoms with Gasteiger partial charge in [-0.2, -0.15) is 0 Å². The Kier molecular flexibility index (Phi) is 9.59. The second-order valence-corrected chi connectivity index (χ2v) is 8.45. The maximum absolute atomic E-state index is 12.5. The van der Waals surface area contributed by atoms with E-state index in [4.69, 9.17) is 9.84 Å². The minimum Gasteiger partial charge on any atom is -0.474 e. The molecule has 0 bridgehead atoms. The third-order valence-electron chi connectivity index (χ3n) is 6.05. The van der Waals surface area contributed by atoms with Crippen molar-refractivity contribution in [2.45, 2.75) is 44.1 Å².